The average Bonchev–Trinajstić information content (AvgIpc) is 3.25. The molecule has 0 saturated carbocycles. The lowest BCUT2D eigenvalue weighted by molar-refractivity contribution is -0.117. The van der Waals surface area contributed by atoms with E-state index in [1.807, 2.05) is 92.7 Å². The molecule has 0 fully saturated rings. The molecule has 34 heavy (non-hydrogen) atoms. The molecule has 0 unspecified atom stereocenters. The Morgan fingerprint density at radius 1 is 0.941 bits per heavy atom. The molecule has 0 bridgehead atoms. The summed E-state index contributed by atoms with van der Waals surface area (Å²) in [6.07, 6.45) is 1.05. The quantitative estimate of drug-likeness (QED) is 0.268. The zero-order chi connectivity index (χ0) is 23.9. The second-order valence-electron chi connectivity index (χ2n) is 7.77. The van der Waals surface area contributed by atoms with Crippen LogP contribution in [0.2, 0.25) is 0 Å². The molecule has 4 rings (SSSR count). The van der Waals surface area contributed by atoms with Crippen molar-refractivity contribution in [3.63, 3.8) is 0 Å². The standard InChI is InChI=1S/C28H28N2O3S/c1-4-33-25-17-13-23(14-18-25)30(26(31)19-10-21-8-6-5-7-9-21)28-29-27(20(2)34-28)22-11-15-24(32-3)16-12-22/h5-9,11-18H,4,10,19H2,1-3H3. The molecule has 0 aliphatic rings. The first-order chi connectivity index (χ1) is 16.6. The molecule has 4 aromatic rings. The summed E-state index contributed by atoms with van der Waals surface area (Å²) in [6, 6.07) is 25.5. The molecular weight excluding hydrogens is 444 g/mol. The molecule has 0 aliphatic carbocycles. The Balaban J connectivity index is 1.66. The maximum atomic E-state index is 13.5. The van der Waals surface area contributed by atoms with Crippen LogP contribution in [0.3, 0.4) is 0 Å². The molecule has 1 amide bonds. The molecule has 5 nitrogen and oxygen atoms in total. The number of ether oxygens (including phenoxy) is 2. The van der Waals surface area contributed by atoms with E-state index in [-0.39, 0.29) is 5.91 Å². The van der Waals surface area contributed by atoms with Crippen LogP contribution in [0.15, 0.2) is 78.9 Å². The molecule has 6 heteroatoms. The monoisotopic (exact) mass is 472 g/mol. The highest BCUT2D eigenvalue weighted by Gasteiger charge is 2.23. The van der Waals surface area contributed by atoms with Crippen molar-refractivity contribution in [1.82, 2.24) is 4.98 Å². The van der Waals surface area contributed by atoms with Crippen molar-refractivity contribution >= 4 is 28.1 Å². The van der Waals surface area contributed by atoms with Crippen LogP contribution in [-0.4, -0.2) is 24.6 Å². The Kier molecular flexibility index (Phi) is 7.60. The van der Waals surface area contributed by atoms with Gasteiger partial charge in [-0.05, 0) is 74.4 Å². The van der Waals surface area contributed by atoms with E-state index in [2.05, 4.69) is 0 Å². The minimum absolute atomic E-state index is 0.00282. The van der Waals surface area contributed by atoms with Crippen LogP contribution < -0.4 is 14.4 Å². The first kappa shape index (κ1) is 23.5. The Hall–Kier alpha value is -3.64. The third-order valence-electron chi connectivity index (χ3n) is 5.47. The molecule has 0 atom stereocenters. The number of hydrogen-bond acceptors (Lipinski definition) is 5. The minimum atomic E-state index is 0.00282. The van der Waals surface area contributed by atoms with Gasteiger partial charge in [-0.2, -0.15) is 0 Å². The normalized spacial score (nSPS) is 10.7. The summed E-state index contributed by atoms with van der Waals surface area (Å²) in [4.78, 5) is 21.2. The zero-order valence-corrected chi connectivity index (χ0v) is 20.5. The largest absolute Gasteiger partial charge is 0.497 e. The SMILES string of the molecule is CCOc1ccc(N(C(=O)CCc2ccccc2)c2nc(-c3ccc(OC)cc3)c(C)s2)cc1. The van der Waals surface area contributed by atoms with Crippen molar-refractivity contribution in [2.24, 2.45) is 0 Å². The lowest BCUT2D eigenvalue weighted by atomic mass is 10.1. The molecule has 0 radical (unpaired) electrons. The average molecular weight is 473 g/mol. The number of amides is 1. The smallest absolute Gasteiger partial charge is 0.233 e. The van der Waals surface area contributed by atoms with Crippen molar-refractivity contribution < 1.29 is 14.3 Å². The molecule has 0 spiro atoms. The number of carbonyl (C=O) groups is 1. The van der Waals surface area contributed by atoms with Crippen molar-refractivity contribution in [3.05, 3.63) is 89.3 Å². The van der Waals surface area contributed by atoms with E-state index in [9.17, 15) is 4.79 Å². The van der Waals surface area contributed by atoms with Gasteiger partial charge in [0.05, 0.1) is 25.1 Å². The van der Waals surface area contributed by atoms with E-state index >= 15 is 0 Å². The minimum Gasteiger partial charge on any atom is -0.497 e. The van der Waals surface area contributed by atoms with Crippen molar-refractivity contribution in [2.75, 3.05) is 18.6 Å². The van der Waals surface area contributed by atoms with Gasteiger partial charge in [0, 0.05) is 16.9 Å². The van der Waals surface area contributed by atoms with Gasteiger partial charge in [-0.15, -0.1) is 11.3 Å². The van der Waals surface area contributed by atoms with Gasteiger partial charge in [-0.1, -0.05) is 30.3 Å². The summed E-state index contributed by atoms with van der Waals surface area (Å²) in [5.41, 5.74) is 3.77. The number of aryl methyl sites for hydroxylation is 2. The highest BCUT2D eigenvalue weighted by atomic mass is 32.1. The van der Waals surface area contributed by atoms with Gasteiger partial charge in [0.2, 0.25) is 5.91 Å². The summed E-state index contributed by atoms with van der Waals surface area (Å²) in [7, 11) is 1.65. The molecule has 174 valence electrons. The number of hydrogen-bond donors (Lipinski definition) is 0. The van der Waals surface area contributed by atoms with Crippen LogP contribution in [0, 0.1) is 6.92 Å². The third-order valence-corrected chi connectivity index (χ3v) is 6.42. The summed E-state index contributed by atoms with van der Waals surface area (Å²) in [5.74, 6) is 1.57. The fraction of sp³-hybridized carbons (Fsp3) is 0.214. The lowest BCUT2D eigenvalue weighted by Gasteiger charge is -2.20. The number of rotatable bonds is 9. The number of methoxy groups -OCH3 is 1. The number of aromatic nitrogens is 1. The van der Waals surface area contributed by atoms with Gasteiger partial charge >= 0.3 is 0 Å². The number of carbonyl (C=O) groups excluding carboxylic acids is 1. The molecule has 0 saturated heterocycles. The van der Waals surface area contributed by atoms with Crippen molar-refractivity contribution in [1.29, 1.82) is 0 Å². The molecule has 3 aromatic carbocycles. The molecule has 1 aromatic heterocycles. The number of benzene rings is 3. The highest BCUT2D eigenvalue weighted by Crippen LogP contribution is 2.37. The summed E-state index contributed by atoms with van der Waals surface area (Å²) in [5, 5.41) is 0.658. The van der Waals surface area contributed by atoms with Gasteiger partial charge < -0.3 is 9.47 Å². The van der Waals surface area contributed by atoms with Crippen LogP contribution in [0.25, 0.3) is 11.3 Å². The van der Waals surface area contributed by atoms with Crippen LogP contribution in [0.4, 0.5) is 10.8 Å². The number of thiazole rings is 1. The van der Waals surface area contributed by atoms with E-state index in [0.29, 0.717) is 24.6 Å². The first-order valence-corrected chi connectivity index (χ1v) is 12.1. The molecule has 0 aliphatic heterocycles. The van der Waals surface area contributed by atoms with Gasteiger partial charge in [-0.25, -0.2) is 4.98 Å². The van der Waals surface area contributed by atoms with E-state index in [4.69, 9.17) is 14.5 Å². The van der Waals surface area contributed by atoms with Crippen molar-refractivity contribution in [2.45, 2.75) is 26.7 Å². The van der Waals surface area contributed by atoms with Crippen LogP contribution >= 0.6 is 11.3 Å². The van der Waals surface area contributed by atoms with Crippen LogP contribution in [-0.2, 0) is 11.2 Å². The van der Waals surface area contributed by atoms with E-state index in [1.54, 1.807) is 12.0 Å². The summed E-state index contributed by atoms with van der Waals surface area (Å²) >= 11 is 1.52. The molecule has 1 heterocycles. The Bertz CT molecular complexity index is 1220. The fourth-order valence-electron chi connectivity index (χ4n) is 3.72. The van der Waals surface area contributed by atoms with E-state index < -0.39 is 0 Å². The van der Waals surface area contributed by atoms with Crippen LogP contribution in [0.5, 0.6) is 11.5 Å². The molecule has 0 N–H and O–H groups in total. The third kappa shape index (κ3) is 5.46. The first-order valence-electron chi connectivity index (χ1n) is 11.3. The number of anilines is 2. The second kappa shape index (κ2) is 11.0. The summed E-state index contributed by atoms with van der Waals surface area (Å²) in [6.45, 7) is 4.58. The van der Waals surface area contributed by atoms with Gasteiger partial charge in [0.15, 0.2) is 5.13 Å². The predicted octanol–water partition coefficient (Wildman–Crippen LogP) is 6.82. The van der Waals surface area contributed by atoms with Crippen molar-refractivity contribution in [3.8, 4) is 22.8 Å². The van der Waals surface area contributed by atoms with Gasteiger partial charge in [0.25, 0.3) is 0 Å². The van der Waals surface area contributed by atoms with Gasteiger partial charge in [-0.3, -0.25) is 9.69 Å². The number of nitrogens with zero attached hydrogens (tertiary/aromatic N) is 2. The Morgan fingerprint density at radius 2 is 1.62 bits per heavy atom. The van der Waals surface area contributed by atoms with E-state index in [0.717, 1.165) is 38.9 Å². The summed E-state index contributed by atoms with van der Waals surface area (Å²) < 4.78 is 10.9. The Labute approximate surface area is 204 Å². The predicted molar refractivity (Wildman–Crippen MR) is 138 cm³/mol. The lowest BCUT2D eigenvalue weighted by Crippen LogP contribution is -2.26. The zero-order valence-electron chi connectivity index (χ0n) is 19.7. The molecular formula is C28H28N2O3S. The Morgan fingerprint density at radius 3 is 2.26 bits per heavy atom. The van der Waals surface area contributed by atoms with E-state index in [1.165, 1.54) is 11.3 Å². The second-order valence-corrected chi connectivity index (χ2v) is 8.95. The van der Waals surface area contributed by atoms with Crippen LogP contribution in [0.1, 0.15) is 23.8 Å². The van der Waals surface area contributed by atoms with Gasteiger partial charge in [0.1, 0.15) is 11.5 Å². The topological polar surface area (TPSA) is 51.7 Å². The maximum Gasteiger partial charge on any atom is 0.233 e. The maximum absolute atomic E-state index is 13.5. The fourth-order valence-corrected chi connectivity index (χ4v) is 4.69. The highest BCUT2D eigenvalue weighted by molar-refractivity contribution is 7.16.